The van der Waals surface area contributed by atoms with Crippen LogP contribution in [0.3, 0.4) is 0 Å². The summed E-state index contributed by atoms with van der Waals surface area (Å²) in [7, 11) is 0. The Bertz CT molecular complexity index is 1330. The van der Waals surface area contributed by atoms with Gasteiger partial charge in [0, 0.05) is 6.54 Å². The highest BCUT2D eigenvalue weighted by Gasteiger charge is 2.18. The molecule has 0 spiro atoms. The summed E-state index contributed by atoms with van der Waals surface area (Å²) in [5.74, 6) is 0.0937. The molecular formula is C20H17N7O. The van der Waals surface area contributed by atoms with E-state index in [9.17, 15) is 4.79 Å². The molecule has 0 fully saturated rings. The van der Waals surface area contributed by atoms with Crippen molar-refractivity contribution in [2.24, 2.45) is 0 Å². The van der Waals surface area contributed by atoms with Crippen LogP contribution in [-0.4, -0.2) is 28.9 Å². The van der Waals surface area contributed by atoms with Gasteiger partial charge in [0.05, 0.1) is 17.3 Å². The Morgan fingerprint density at radius 3 is 2.39 bits per heavy atom. The number of nitrogen functional groups attached to an aromatic ring is 1. The van der Waals surface area contributed by atoms with Crippen molar-refractivity contribution in [2.75, 3.05) is 5.73 Å². The Hall–Kier alpha value is -3.94. The largest absolute Gasteiger partial charge is 0.369 e. The van der Waals surface area contributed by atoms with Crippen LogP contribution in [0.5, 0.6) is 0 Å². The zero-order valence-corrected chi connectivity index (χ0v) is 14.9. The van der Waals surface area contributed by atoms with E-state index in [4.69, 9.17) is 5.73 Å². The molecule has 0 radical (unpaired) electrons. The summed E-state index contributed by atoms with van der Waals surface area (Å²) in [4.78, 5) is 17.3. The zero-order chi connectivity index (χ0) is 19.1. The number of hydrogen-bond acceptors (Lipinski definition) is 5. The molecule has 28 heavy (non-hydrogen) atoms. The zero-order valence-electron chi connectivity index (χ0n) is 14.9. The smallest absolute Gasteiger partial charge is 0.358 e. The number of nitrogens with two attached hydrogens (primary N) is 1. The Kier molecular flexibility index (Phi) is 3.68. The number of para-hydroxylation sites is 1. The lowest BCUT2D eigenvalue weighted by Gasteiger charge is -2.04. The summed E-state index contributed by atoms with van der Waals surface area (Å²) in [6.07, 6.45) is 2.50. The molecule has 0 aliphatic heterocycles. The number of aryl methyl sites for hydroxylation is 2. The molecule has 138 valence electrons. The van der Waals surface area contributed by atoms with Gasteiger partial charge in [0.15, 0.2) is 11.3 Å². The number of nitrogens with zero attached hydrogens (tertiary/aromatic N) is 6. The van der Waals surface area contributed by atoms with Crippen LogP contribution in [0, 0.1) is 0 Å². The van der Waals surface area contributed by atoms with Crippen molar-refractivity contribution in [3.63, 3.8) is 0 Å². The summed E-state index contributed by atoms with van der Waals surface area (Å²) in [6.45, 7) is 0.653. The van der Waals surface area contributed by atoms with Crippen LogP contribution in [0.4, 0.5) is 5.95 Å². The van der Waals surface area contributed by atoms with Crippen LogP contribution in [0.15, 0.2) is 71.7 Å². The van der Waals surface area contributed by atoms with Gasteiger partial charge in [-0.25, -0.2) is 13.9 Å². The van der Waals surface area contributed by atoms with Crippen molar-refractivity contribution in [3.05, 3.63) is 82.9 Å². The summed E-state index contributed by atoms with van der Waals surface area (Å²) >= 11 is 0. The van der Waals surface area contributed by atoms with Gasteiger partial charge in [-0.05, 0) is 24.1 Å². The Morgan fingerprint density at radius 2 is 1.64 bits per heavy atom. The molecule has 8 nitrogen and oxygen atoms in total. The van der Waals surface area contributed by atoms with Gasteiger partial charge in [-0.3, -0.25) is 0 Å². The van der Waals surface area contributed by atoms with Crippen LogP contribution in [0.25, 0.3) is 22.4 Å². The van der Waals surface area contributed by atoms with E-state index in [2.05, 4.69) is 27.3 Å². The molecule has 0 saturated heterocycles. The molecule has 3 heterocycles. The minimum atomic E-state index is -0.356. The molecule has 0 unspecified atom stereocenters. The monoisotopic (exact) mass is 371 g/mol. The van der Waals surface area contributed by atoms with Gasteiger partial charge in [-0.15, -0.1) is 5.10 Å². The number of benzene rings is 2. The summed E-state index contributed by atoms with van der Waals surface area (Å²) in [6, 6.07) is 19.4. The van der Waals surface area contributed by atoms with Crippen LogP contribution >= 0.6 is 0 Å². The van der Waals surface area contributed by atoms with E-state index in [1.807, 2.05) is 48.5 Å². The quantitative estimate of drug-likeness (QED) is 0.522. The molecule has 5 rings (SSSR count). The van der Waals surface area contributed by atoms with Crippen LogP contribution in [0.1, 0.15) is 5.56 Å². The first-order chi connectivity index (χ1) is 13.7. The fourth-order valence-corrected chi connectivity index (χ4v) is 3.34. The van der Waals surface area contributed by atoms with Crippen LogP contribution < -0.4 is 11.4 Å². The Balaban J connectivity index is 1.63. The predicted octanol–water partition coefficient (Wildman–Crippen LogP) is 2.05. The number of aromatic nitrogens is 6. The molecule has 2 N–H and O–H groups in total. The highest BCUT2D eigenvalue weighted by molar-refractivity contribution is 5.89. The van der Waals surface area contributed by atoms with E-state index in [0.29, 0.717) is 28.9 Å². The van der Waals surface area contributed by atoms with Crippen molar-refractivity contribution in [2.45, 2.75) is 13.0 Å². The molecule has 0 atom stereocenters. The van der Waals surface area contributed by atoms with Crippen molar-refractivity contribution in [1.29, 1.82) is 0 Å². The average Bonchev–Trinajstić information content (AvgIpc) is 3.29. The minimum absolute atomic E-state index is 0.0937. The average molecular weight is 371 g/mol. The molecule has 0 aliphatic carbocycles. The van der Waals surface area contributed by atoms with E-state index in [1.165, 1.54) is 14.6 Å². The van der Waals surface area contributed by atoms with E-state index >= 15 is 0 Å². The van der Waals surface area contributed by atoms with Gasteiger partial charge >= 0.3 is 5.69 Å². The fraction of sp³-hybridized carbons (Fsp3) is 0.100. The third-order valence-electron chi connectivity index (χ3n) is 4.74. The fourth-order valence-electron chi connectivity index (χ4n) is 3.34. The van der Waals surface area contributed by atoms with Gasteiger partial charge in [0.1, 0.15) is 0 Å². The van der Waals surface area contributed by atoms with Crippen molar-refractivity contribution >= 4 is 22.6 Å². The number of anilines is 1. The van der Waals surface area contributed by atoms with E-state index in [-0.39, 0.29) is 11.6 Å². The predicted molar refractivity (Wildman–Crippen MR) is 106 cm³/mol. The SMILES string of the molecule is Nc1nc2c(cnn2CCc2ccccc2)c2nn(-c3ccccc3)c(=O)n12. The molecule has 0 bridgehead atoms. The summed E-state index contributed by atoms with van der Waals surface area (Å²) in [5.41, 5.74) is 8.69. The minimum Gasteiger partial charge on any atom is -0.369 e. The van der Waals surface area contributed by atoms with Gasteiger partial charge in [0.25, 0.3) is 0 Å². The highest BCUT2D eigenvalue weighted by atomic mass is 16.2. The van der Waals surface area contributed by atoms with Gasteiger partial charge in [-0.2, -0.15) is 14.8 Å². The second-order valence-electron chi connectivity index (χ2n) is 6.50. The third-order valence-corrected chi connectivity index (χ3v) is 4.74. The third kappa shape index (κ3) is 2.54. The number of fused-ring (bicyclic) bond motifs is 3. The molecule has 2 aromatic carbocycles. The second kappa shape index (κ2) is 6.34. The maximum Gasteiger partial charge on any atom is 0.358 e. The molecule has 5 aromatic rings. The maximum atomic E-state index is 12.8. The van der Waals surface area contributed by atoms with Gasteiger partial charge in [-0.1, -0.05) is 48.5 Å². The Morgan fingerprint density at radius 1 is 0.929 bits per heavy atom. The maximum absolute atomic E-state index is 12.8. The van der Waals surface area contributed by atoms with E-state index < -0.39 is 0 Å². The molecule has 8 heteroatoms. The second-order valence-corrected chi connectivity index (χ2v) is 6.50. The lowest BCUT2D eigenvalue weighted by atomic mass is 10.1. The molecule has 0 aliphatic rings. The summed E-state index contributed by atoms with van der Waals surface area (Å²) < 4.78 is 4.44. The number of hydrogen-bond donors (Lipinski definition) is 1. The number of rotatable bonds is 4. The normalized spacial score (nSPS) is 11.4. The highest BCUT2D eigenvalue weighted by Crippen LogP contribution is 2.19. The van der Waals surface area contributed by atoms with Crippen LogP contribution in [-0.2, 0) is 13.0 Å². The van der Waals surface area contributed by atoms with Crippen molar-refractivity contribution in [1.82, 2.24) is 28.9 Å². The van der Waals surface area contributed by atoms with Gasteiger partial charge in [0.2, 0.25) is 5.95 Å². The standard InChI is InChI=1S/C20H17N7O/c21-19-23-17-16(13-22-25(17)12-11-14-7-3-1-4-8-14)18-24-27(20(28)26(18)19)15-9-5-2-6-10-15/h1-10,13H,11-12H2,(H2,21,23). The van der Waals surface area contributed by atoms with E-state index in [1.54, 1.807) is 10.9 Å². The molecular weight excluding hydrogens is 354 g/mol. The van der Waals surface area contributed by atoms with Gasteiger partial charge < -0.3 is 5.73 Å². The lowest BCUT2D eigenvalue weighted by molar-refractivity contribution is 0.629. The summed E-state index contributed by atoms with van der Waals surface area (Å²) in [5, 5.41) is 9.63. The topological polar surface area (TPSA) is 96.0 Å². The molecule has 0 saturated carbocycles. The van der Waals surface area contributed by atoms with Crippen LogP contribution in [0.2, 0.25) is 0 Å². The first-order valence-electron chi connectivity index (χ1n) is 8.94. The van der Waals surface area contributed by atoms with E-state index in [0.717, 1.165) is 6.42 Å². The lowest BCUT2D eigenvalue weighted by Crippen LogP contribution is -2.21. The first-order valence-corrected chi connectivity index (χ1v) is 8.94. The Labute approximate surface area is 159 Å². The first kappa shape index (κ1) is 16.2. The van der Waals surface area contributed by atoms with Crippen molar-refractivity contribution in [3.8, 4) is 5.69 Å². The molecule has 0 amide bonds. The van der Waals surface area contributed by atoms with Crippen molar-refractivity contribution < 1.29 is 0 Å². The molecule has 3 aromatic heterocycles.